The Bertz CT molecular complexity index is 380. The van der Waals surface area contributed by atoms with Crippen molar-refractivity contribution in [2.45, 2.75) is 32.4 Å². The summed E-state index contributed by atoms with van der Waals surface area (Å²) in [4.78, 5) is 0. The number of hydrogen-bond acceptors (Lipinski definition) is 3. The molecule has 1 atom stereocenters. The van der Waals surface area contributed by atoms with Crippen LogP contribution in [-0.2, 0) is 4.74 Å². The summed E-state index contributed by atoms with van der Waals surface area (Å²) >= 11 is 0. The van der Waals surface area contributed by atoms with Gasteiger partial charge in [0.05, 0.1) is 18.8 Å². The van der Waals surface area contributed by atoms with Crippen molar-refractivity contribution in [1.29, 1.82) is 0 Å². The predicted molar refractivity (Wildman–Crippen MR) is 61.1 cm³/mol. The zero-order valence-electron chi connectivity index (χ0n) is 10.2. The molecule has 6 heteroatoms. The van der Waals surface area contributed by atoms with Gasteiger partial charge in [0.15, 0.2) is 0 Å². The molecule has 18 heavy (non-hydrogen) atoms. The summed E-state index contributed by atoms with van der Waals surface area (Å²) in [5, 5.41) is 0. The van der Waals surface area contributed by atoms with E-state index in [2.05, 4.69) is 4.74 Å². The topological polar surface area (TPSA) is 44.5 Å². The van der Waals surface area contributed by atoms with Crippen LogP contribution in [0.15, 0.2) is 24.3 Å². The Morgan fingerprint density at radius 2 is 1.83 bits per heavy atom. The van der Waals surface area contributed by atoms with Crippen molar-refractivity contribution in [1.82, 2.24) is 0 Å². The Morgan fingerprint density at radius 3 is 2.39 bits per heavy atom. The number of halogens is 3. The van der Waals surface area contributed by atoms with Gasteiger partial charge < -0.3 is 15.2 Å². The Balaban J connectivity index is 2.81. The van der Waals surface area contributed by atoms with E-state index in [9.17, 15) is 13.2 Å². The van der Waals surface area contributed by atoms with Gasteiger partial charge in [-0.2, -0.15) is 0 Å². The molecule has 0 aliphatic heterocycles. The lowest BCUT2D eigenvalue weighted by Crippen LogP contribution is -2.23. The van der Waals surface area contributed by atoms with Crippen molar-refractivity contribution in [3.05, 3.63) is 29.8 Å². The van der Waals surface area contributed by atoms with Crippen LogP contribution < -0.4 is 10.5 Å². The van der Waals surface area contributed by atoms with Crippen molar-refractivity contribution >= 4 is 0 Å². The molecule has 0 heterocycles. The van der Waals surface area contributed by atoms with Gasteiger partial charge in [0.25, 0.3) is 0 Å². The normalized spacial score (nSPS) is 13.7. The molecule has 0 aromatic heterocycles. The van der Waals surface area contributed by atoms with Gasteiger partial charge in [-0.3, -0.25) is 0 Å². The predicted octanol–water partition coefficient (Wildman–Crippen LogP) is 3.01. The van der Waals surface area contributed by atoms with Crippen molar-refractivity contribution in [2.24, 2.45) is 5.73 Å². The third-order valence-corrected chi connectivity index (χ3v) is 2.15. The highest BCUT2D eigenvalue weighted by molar-refractivity contribution is 5.35. The smallest absolute Gasteiger partial charge is 0.405 e. The summed E-state index contributed by atoms with van der Waals surface area (Å²) in [7, 11) is 0. The van der Waals surface area contributed by atoms with Gasteiger partial charge in [0, 0.05) is 5.56 Å². The molecule has 1 rings (SSSR count). The third kappa shape index (κ3) is 4.93. The van der Waals surface area contributed by atoms with E-state index < -0.39 is 12.4 Å². The van der Waals surface area contributed by atoms with Gasteiger partial charge in [0.1, 0.15) is 5.75 Å². The van der Waals surface area contributed by atoms with E-state index in [0.29, 0.717) is 0 Å². The quantitative estimate of drug-likeness (QED) is 0.888. The van der Waals surface area contributed by atoms with Crippen molar-refractivity contribution in [3.63, 3.8) is 0 Å². The van der Waals surface area contributed by atoms with Gasteiger partial charge in [-0.25, -0.2) is 0 Å². The van der Waals surface area contributed by atoms with E-state index >= 15 is 0 Å². The van der Waals surface area contributed by atoms with Gasteiger partial charge in [-0.15, -0.1) is 13.2 Å². The Labute approximate surface area is 104 Å². The van der Waals surface area contributed by atoms with Crippen LogP contribution in [0, 0.1) is 0 Å². The first-order valence-electron chi connectivity index (χ1n) is 5.51. The molecule has 102 valence electrons. The number of ether oxygens (including phenoxy) is 2. The van der Waals surface area contributed by atoms with Crippen molar-refractivity contribution in [2.75, 3.05) is 6.61 Å². The molecule has 2 N–H and O–H groups in total. The standard InChI is InChI=1S/C12H16F3NO2/c1-8(2)17-7-10(16)9-5-3-4-6-11(9)18-12(13,14)15/h3-6,8,10H,7,16H2,1-2H3. The Kier molecular flexibility index (Phi) is 4.98. The fourth-order valence-electron chi connectivity index (χ4n) is 1.39. The zero-order valence-corrected chi connectivity index (χ0v) is 10.2. The number of alkyl halides is 3. The second-order valence-corrected chi connectivity index (χ2v) is 4.07. The minimum Gasteiger partial charge on any atom is -0.405 e. The van der Waals surface area contributed by atoms with E-state index in [1.165, 1.54) is 18.2 Å². The first kappa shape index (κ1) is 14.8. The molecule has 0 bridgehead atoms. The van der Waals surface area contributed by atoms with Crippen molar-refractivity contribution < 1.29 is 22.6 Å². The SMILES string of the molecule is CC(C)OCC(N)c1ccccc1OC(F)(F)F. The molecule has 3 nitrogen and oxygen atoms in total. The molecule has 0 amide bonds. The van der Waals surface area contributed by atoms with Gasteiger partial charge in [-0.05, 0) is 19.9 Å². The molecule has 0 aliphatic rings. The number of hydrogen-bond donors (Lipinski definition) is 1. The van der Waals surface area contributed by atoms with E-state index in [0.717, 1.165) is 0 Å². The minimum atomic E-state index is -4.73. The molecule has 0 spiro atoms. The second-order valence-electron chi connectivity index (χ2n) is 4.07. The number of nitrogens with two attached hydrogens (primary N) is 1. The average molecular weight is 263 g/mol. The largest absolute Gasteiger partial charge is 0.573 e. The van der Waals surface area contributed by atoms with Crippen LogP contribution in [-0.4, -0.2) is 19.1 Å². The minimum absolute atomic E-state index is 0.0354. The number of benzene rings is 1. The van der Waals surface area contributed by atoms with Crippen LogP contribution in [0.25, 0.3) is 0 Å². The molecule has 0 fully saturated rings. The molecule has 0 saturated heterocycles. The number of rotatable bonds is 5. The lowest BCUT2D eigenvalue weighted by molar-refractivity contribution is -0.275. The molecular formula is C12H16F3NO2. The maximum absolute atomic E-state index is 12.2. The van der Waals surface area contributed by atoms with Crippen LogP contribution in [0.2, 0.25) is 0 Å². The second kappa shape index (κ2) is 6.06. The molecule has 0 radical (unpaired) electrons. The Morgan fingerprint density at radius 1 is 1.22 bits per heavy atom. The molecule has 1 unspecified atom stereocenters. The highest BCUT2D eigenvalue weighted by Crippen LogP contribution is 2.29. The Hall–Kier alpha value is -1.27. The summed E-state index contributed by atoms with van der Waals surface area (Å²) in [5.74, 6) is -0.287. The van der Waals surface area contributed by atoms with E-state index in [-0.39, 0.29) is 24.0 Å². The monoisotopic (exact) mass is 263 g/mol. The van der Waals surface area contributed by atoms with Crippen LogP contribution in [0.5, 0.6) is 5.75 Å². The van der Waals surface area contributed by atoms with Crippen molar-refractivity contribution in [3.8, 4) is 5.75 Å². The van der Waals surface area contributed by atoms with E-state index in [1.807, 2.05) is 13.8 Å². The first-order valence-corrected chi connectivity index (χ1v) is 5.51. The summed E-state index contributed by atoms with van der Waals surface area (Å²) in [6.45, 7) is 3.78. The fourth-order valence-corrected chi connectivity index (χ4v) is 1.39. The highest BCUT2D eigenvalue weighted by Gasteiger charge is 2.32. The van der Waals surface area contributed by atoms with Gasteiger partial charge >= 0.3 is 6.36 Å². The summed E-state index contributed by atoms with van der Waals surface area (Å²) in [6.07, 6.45) is -4.76. The summed E-state index contributed by atoms with van der Waals surface area (Å²) in [5.41, 5.74) is 6.06. The summed E-state index contributed by atoms with van der Waals surface area (Å²) < 4.78 is 45.8. The maximum atomic E-state index is 12.2. The van der Waals surface area contributed by atoms with Gasteiger partial charge in [0.2, 0.25) is 0 Å². The van der Waals surface area contributed by atoms with Crippen LogP contribution in [0.4, 0.5) is 13.2 Å². The molecule has 0 aliphatic carbocycles. The number of para-hydroxylation sites is 1. The van der Waals surface area contributed by atoms with E-state index in [1.54, 1.807) is 6.07 Å². The summed E-state index contributed by atoms with van der Waals surface area (Å²) in [6, 6.07) is 5.13. The van der Waals surface area contributed by atoms with Crippen LogP contribution >= 0.6 is 0 Å². The molecular weight excluding hydrogens is 247 g/mol. The highest BCUT2D eigenvalue weighted by atomic mass is 19.4. The molecule has 1 aromatic rings. The van der Waals surface area contributed by atoms with Crippen LogP contribution in [0.1, 0.15) is 25.5 Å². The first-order chi connectivity index (χ1) is 8.29. The zero-order chi connectivity index (χ0) is 13.8. The lowest BCUT2D eigenvalue weighted by atomic mass is 10.1. The maximum Gasteiger partial charge on any atom is 0.573 e. The molecule has 0 saturated carbocycles. The van der Waals surface area contributed by atoms with E-state index in [4.69, 9.17) is 10.5 Å². The lowest BCUT2D eigenvalue weighted by Gasteiger charge is -2.18. The van der Waals surface area contributed by atoms with Gasteiger partial charge in [-0.1, -0.05) is 18.2 Å². The van der Waals surface area contributed by atoms with Crippen LogP contribution in [0.3, 0.4) is 0 Å². The fraction of sp³-hybridized carbons (Fsp3) is 0.500. The third-order valence-electron chi connectivity index (χ3n) is 2.15. The average Bonchev–Trinajstić information content (AvgIpc) is 2.24. The molecule has 1 aromatic carbocycles.